The van der Waals surface area contributed by atoms with Crippen molar-refractivity contribution >= 4 is 12.2 Å². The highest BCUT2D eigenvalue weighted by atomic mass is 19.1. The smallest absolute Gasteiger partial charge is 0.407 e. The second kappa shape index (κ2) is 8.93. The number of fused-ring (bicyclic) bond motifs is 3. The number of hydrogen-bond donors (Lipinski definition) is 2. The molecule has 0 unspecified atom stereocenters. The first kappa shape index (κ1) is 19.9. The number of rotatable bonds is 6. The lowest BCUT2D eigenvalue weighted by Crippen LogP contribution is -2.26. The van der Waals surface area contributed by atoms with Crippen molar-refractivity contribution in [3.05, 3.63) is 101 Å². The molecule has 0 saturated carbocycles. The second-order valence-corrected chi connectivity index (χ2v) is 7.12. The van der Waals surface area contributed by atoms with Crippen molar-refractivity contribution in [2.75, 3.05) is 13.2 Å². The molecule has 3 aromatic rings. The van der Waals surface area contributed by atoms with Gasteiger partial charge in [-0.15, -0.1) is 0 Å². The predicted molar refractivity (Wildman–Crippen MR) is 114 cm³/mol. The number of amides is 1. The topological polar surface area (TPSA) is 58.6 Å². The zero-order valence-corrected chi connectivity index (χ0v) is 16.3. The number of nitrogens with one attached hydrogen (secondary N) is 1. The summed E-state index contributed by atoms with van der Waals surface area (Å²) in [5.74, 6) is -0.416. The molecule has 0 bridgehead atoms. The highest BCUT2D eigenvalue weighted by Gasteiger charge is 2.28. The van der Waals surface area contributed by atoms with Crippen molar-refractivity contribution in [3.8, 4) is 11.1 Å². The number of aliphatic hydroxyl groups is 1. The van der Waals surface area contributed by atoms with Gasteiger partial charge in [0.15, 0.2) is 0 Å². The third-order valence-corrected chi connectivity index (χ3v) is 5.26. The number of benzene rings is 3. The van der Waals surface area contributed by atoms with Crippen LogP contribution in [0.3, 0.4) is 0 Å². The fraction of sp³-hybridized carbons (Fsp3) is 0.160. The average Bonchev–Trinajstić information content (AvgIpc) is 3.10. The summed E-state index contributed by atoms with van der Waals surface area (Å²) in [6.07, 6.45) is 3.01. The molecule has 4 nitrogen and oxygen atoms in total. The zero-order valence-electron chi connectivity index (χ0n) is 16.3. The van der Waals surface area contributed by atoms with Gasteiger partial charge in [-0.1, -0.05) is 66.7 Å². The molecule has 1 aliphatic carbocycles. The van der Waals surface area contributed by atoms with Crippen LogP contribution in [0, 0.1) is 5.82 Å². The molecule has 0 aliphatic heterocycles. The number of carbonyl (C=O) groups is 1. The molecule has 0 atom stereocenters. The number of hydrogen-bond acceptors (Lipinski definition) is 3. The zero-order chi connectivity index (χ0) is 20.9. The monoisotopic (exact) mass is 403 g/mol. The van der Waals surface area contributed by atoms with Gasteiger partial charge in [-0.25, -0.2) is 9.18 Å². The van der Waals surface area contributed by atoms with E-state index in [9.17, 15) is 9.18 Å². The van der Waals surface area contributed by atoms with Gasteiger partial charge in [0.2, 0.25) is 0 Å². The van der Waals surface area contributed by atoms with Crippen LogP contribution in [0.5, 0.6) is 0 Å². The third-order valence-electron chi connectivity index (χ3n) is 5.26. The van der Waals surface area contributed by atoms with Crippen LogP contribution in [-0.2, 0) is 11.3 Å². The Morgan fingerprint density at radius 3 is 2.37 bits per heavy atom. The first-order valence-corrected chi connectivity index (χ1v) is 9.82. The lowest BCUT2D eigenvalue weighted by molar-refractivity contribution is 0.144. The van der Waals surface area contributed by atoms with E-state index in [1.807, 2.05) is 24.3 Å². The van der Waals surface area contributed by atoms with Crippen LogP contribution in [0.1, 0.15) is 28.2 Å². The lowest BCUT2D eigenvalue weighted by Gasteiger charge is -2.14. The van der Waals surface area contributed by atoms with Crippen LogP contribution in [0.25, 0.3) is 17.2 Å². The van der Waals surface area contributed by atoms with Gasteiger partial charge in [-0.05, 0) is 39.9 Å². The molecular weight excluding hydrogens is 381 g/mol. The number of alkyl carbamates (subject to hydrolysis) is 1. The maximum atomic E-state index is 13.4. The van der Waals surface area contributed by atoms with E-state index in [0.717, 1.165) is 5.56 Å². The van der Waals surface area contributed by atoms with Gasteiger partial charge in [0.25, 0.3) is 0 Å². The summed E-state index contributed by atoms with van der Waals surface area (Å²) in [6.45, 7) is 0.190. The van der Waals surface area contributed by atoms with Gasteiger partial charge < -0.3 is 15.2 Å². The Bertz CT molecular complexity index is 1050. The molecule has 1 amide bonds. The van der Waals surface area contributed by atoms with E-state index in [0.29, 0.717) is 0 Å². The fourth-order valence-corrected chi connectivity index (χ4v) is 3.81. The quantitative estimate of drug-likeness (QED) is 0.617. The molecule has 2 N–H and O–H groups in total. The van der Waals surface area contributed by atoms with Crippen LogP contribution in [0.2, 0.25) is 0 Å². The summed E-state index contributed by atoms with van der Waals surface area (Å²) < 4.78 is 18.9. The third kappa shape index (κ3) is 4.11. The van der Waals surface area contributed by atoms with Crippen molar-refractivity contribution in [2.24, 2.45) is 0 Å². The van der Waals surface area contributed by atoms with E-state index in [2.05, 4.69) is 29.6 Å². The number of carbonyl (C=O) groups excluding carboxylic acids is 1. The normalized spacial score (nSPS) is 12.6. The summed E-state index contributed by atoms with van der Waals surface area (Å²) in [4.78, 5) is 12.1. The van der Waals surface area contributed by atoms with Crippen LogP contribution >= 0.6 is 0 Å². The van der Waals surface area contributed by atoms with Crippen molar-refractivity contribution in [3.63, 3.8) is 0 Å². The minimum Gasteiger partial charge on any atom is -0.449 e. The lowest BCUT2D eigenvalue weighted by atomic mass is 9.98. The van der Waals surface area contributed by atoms with E-state index < -0.39 is 11.9 Å². The van der Waals surface area contributed by atoms with Gasteiger partial charge in [0.1, 0.15) is 12.4 Å². The summed E-state index contributed by atoms with van der Waals surface area (Å²) >= 11 is 0. The fourth-order valence-electron chi connectivity index (χ4n) is 3.81. The van der Waals surface area contributed by atoms with Gasteiger partial charge >= 0.3 is 6.09 Å². The minimum absolute atomic E-state index is 0.0230. The van der Waals surface area contributed by atoms with E-state index in [4.69, 9.17) is 9.84 Å². The largest absolute Gasteiger partial charge is 0.449 e. The molecule has 30 heavy (non-hydrogen) atoms. The molecule has 1 aliphatic rings. The Labute approximate surface area is 174 Å². The first-order valence-electron chi connectivity index (χ1n) is 9.82. The molecule has 0 radical (unpaired) electrons. The van der Waals surface area contributed by atoms with E-state index in [-0.39, 0.29) is 31.2 Å². The summed E-state index contributed by atoms with van der Waals surface area (Å²) in [7, 11) is 0. The Balaban J connectivity index is 1.32. The Morgan fingerprint density at radius 1 is 1.03 bits per heavy atom. The Kier molecular flexibility index (Phi) is 5.91. The van der Waals surface area contributed by atoms with E-state index in [1.54, 1.807) is 24.3 Å². The van der Waals surface area contributed by atoms with Crippen molar-refractivity contribution in [1.82, 2.24) is 5.32 Å². The molecule has 0 heterocycles. The van der Waals surface area contributed by atoms with Crippen molar-refractivity contribution < 1.29 is 19.0 Å². The molecular formula is C25H22FNO3. The standard InChI is InChI=1S/C25H22FNO3/c26-24-12-11-17(14-18(24)15-28)6-5-13-27-25(29)30-16-23-21-9-3-1-7-19(21)20-8-2-4-10-22(20)23/h1-12,14,23,28H,13,15-16H2,(H,27,29). The Hall–Kier alpha value is -3.44. The number of halogens is 1. The van der Waals surface area contributed by atoms with Crippen LogP contribution < -0.4 is 5.32 Å². The van der Waals surface area contributed by atoms with Crippen molar-refractivity contribution in [2.45, 2.75) is 12.5 Å². The molecule has 0 fully saturated rings. The van der Waals surface area contributed by atoms with Crippen molar-refractivity contribution in [1.29, 1.82) is 0 Å². The second-order valence-electron chi connectivity index (χ2n) is 7.12. The van der Waals surface area contributed by atoms with Gasteiger partial charge in [-0.2, -0.15) is 0 Å². The summed E-state index contributed by atoms with van der Waals surface area (Å²) in [5, 5.41) is 11.8. The maximum absolute atomic E-state index is 13.4. The molecule has 0 spiro atoms. The predicted octanol–water partition coefficient (Wildman–Crippen LogP) is 4.87. The summed E-state index contributed by atoms with van der Waals surface area (Å²) in [6, 6.07) is 20.9. The number of aliphatic hydroxyl groups excluding tert-OH is 1. The van der Waals surface area contributed by atoms with Gasteiger partial charge in [0, 0.05) is 18.0 Å². The van der Waals surface area contributed by atoms with Crippen LogP contribution in [0.15, 0.2) is 72.8 Å². The molecule has 5 heteroatoms. The van der Waals surface area contributed by atoms with Crippen LogP contribution in [-0.4, -0.2) is 24.4 Å². The molecule has 0 saturated heterocycles. The van der Waals surface area contributed by atoms with Crippen LogP contribution in [0.4, 0.5) is 9.18 Å². The maximum Gasteiger partial charge on any atom is 0.407 e. The minimum atomic E-state index is -0.489. The van der Waals surface area contributed by atoms with Gasteiger partial charge in [0.05, 0.1) is 6.61 Å². The van der Waals surface area contributed by atoms with E-state index in [1.165, 1.54) is 28.3 Å². The first-order chi connectivity index (χ1) is 14.7. The average molecular weight is 403 g/mol. The highest BCUT2D eigenvalue weighted by Crippen LogP contribution is 2.44. The van der Waals surface area contributed by atoms with Gasteiger partial charge in [-0.3, -0.25) is 0 Å². The Morgan fingerprint density at radius 2 is 1.70 bits per heavy atom. The summed E-state index contributed by atoms with van der Waals surface area (Å²) in [5.41, 5.74) is 5.69. The molecule has 4 rings (SSSR count). The molecule has 0 aromatic heterocycles. The highest BCUT2D eigenvalue weighted by molar-refractivity contribution is 5.79. The number of ether oxygens (including phenoxy) is 1. The molecule has 152 valence electrons. The SMILES string of the molecule is O=C(NCC=Cc1ccc(F)c(CO)c1)OCC1c2ccccc2-c2ccccc21. The van der Waals surface area contributed by atoms with E-state index >= 15 is 0 Å². The molecule has 3 aromatic carbocycles.